The van der Waals surface area contributed by atoms with E-state index in [1.807, 2.05) is 36.6 Å². The molecule has 2 rings (SSSR count). The standard InChI is InChI=1S/C18H23NO4S2/c1-5-23-17(20)12-19(11-16-7-6-8-24-16)25(21,22)18-14(3)9-13(2)10-15(18)4/h6-10H,5,11-12H2,1-4H3. The molecule has 0 spiro atoms. The number of thiophene rings is 1. The molecule has 0 aliphatic carbocycles. The number of sulfonamides is 1. The first-order valence-corrected chi connectivity index (χ1v) is 10.3. The van der Waals surface area contributed by atoms with E-state index in [0.717, 1.165) is 10.4 Å². The van der Waals surface area contributed by atoms with Crippen molar-refractivity contribution in [2.75, 3.05) is 13.2 Å². The van der Waals surface area contributed by atoms with Crippen molar-refractivity contribution < 1.29 is 17.9 Å². The van der Waals surface area contributed by atoms with Crippen LogP contribution in [0.25, 0.3) is 0 Å². The highest BCUT2D eigenvalue weighted by molar-refractivity contribution is 7.89. The highest BCUT2D eigenvalue weighted by atomic mass is 32.2. The Hall–Kier alpha value is -1.70. The summed E-state index contributed by atoms with van der Waals surface area (Å²) in [6, 6.07) is 7.39. The van der Waals surface area contributed by atoms with Gasteiger partial charge in [0.15, 0.2) is 0 Å². The zero-order valence-electron chi connectivity index (χ0n) is 14.9. The Bertz CT molecular complexity index is 819. The zero-order valence-corrected chi connectivity index (χ0v) is 16.5. The van der Waals surface area contributed by atoms with Gasteiger partial charge in [-0.3, -0.25) is 4.79 Å². The molecule has 0 saturated carbocycles. The molecular weight excluding hydrogens is 358 g/mol. The smallest absolute Gasteiger partial charge is 0.321 e. The molecule has 0 aliphatic rings. The highest BCUT2D eigenvalue weighted by Gasteiger charge is 2.30. The average Bonchev–Trinajstić information content (AvgIpc) is 2.98. The number of hydrogen-bond acceptors (Lipinski definition) is 5. The predicted molar refractivity (Wildman–Crippen MR) is 99.2 cm³/mol. The van der Waals surface area contributed by atoms with Crippen molar-refractivity contribution in [1.82, 2.24) is 4.31 Å². The Kier molecular flexibility index (Phi) is 6.37. The van der Waals surface area contributed by atoms with Crippen molar-refractivity contribution in [2.45, 2.75) is 39.1 Å². The molecule has 0 amide bonds. The lowest BCUT2D eigenvalue weighted by Gasteiger charge is -2.23. The predicted octanol–water partition coefficient (Wildman–Crippen LogP) is 3.43. The number of benzene rings is 1. The molecule has 1 aromatic heterocycles. The Morgan fingerprint density at radius 3 is 2.36 bits per heavy atom. The summed E-state index contributed by atoms with van der Waals surface area (Å²) < 4.78 is 32.7. The lowest BCUT2D eigenvalue weighted by molar-refractivity contribution is -0.143. The number of hydrogen-bond donors (Lipinski definition) is 0. The summed E-state index contributed by atoms with van der Waals surface area (Å²) in [5.74, 6) is -0.551. The summed E-state index contributed by atoms with van der Waals surface area (Å²) in [6.07, 6.45) is 0. The van der Waals surface area contributed by atoms with Gasteiger partial charge in [0, 0.05) is 11.4 Å². The van der Waals surface area contributed by atoms with Crippen molar-refractivity contribution in [3.05, 3.63) is 51.2 Å². The fourth-order valence-corrected chi connectivity index (χ4v) is 5.43. The van der Waals surface area contributed by atoms with E-state index in [1.54, 1.807) is 20.8 Å². The number of esters is 1. The summed E-state index contributed by atoms with van der Waals surface area (Å²) in [7, 11) is -3.83. The van der Waals surface area contributed by atoms with E-state index < -0.39 is 16.0 Å². The van der Waals surface area contributed by atoms with Gasteiger partial charge in [-0.05, 0) is 50.3 Å². The minimum Gasteiger partial charge on any atom is -0.465 e. The third kappa shape index (κ3) is 4.68. The molecular formula is C18H23NO4S2. The molecule has 0 atom stereocenters. The maximum absolute atomic E-state index is 13.3. The summed E-state index contributed by atoms with van der Waals surface area (Å²) >= 11 is 1.46. The highest BCUT2D eigenvalue weighted by Crippen LogP contribution is 2.27. The fraction of sp³-hybridized carbons (Fsp3) is 0.389. The van der Waals surface area contributed by atoms with Crippen LogP contribution in [0.4, 0.5) is 0 Å². The zero-order chi connectivity index (χ0) is 18.6. The molecule has 0 bridgehead atoms. The Labute approximate surface area is 153 Å². The van der Waals surface area contributed by atoms with E-state index in [-0.39, 0.29) is 24.6 Å². The van der Waals surface area contributed by atoms with Crippen LogP contribution in [0.3, 0.4) is 0 Å². The first-order valence-electron chi connectivity index (χ1n) is 8.01. The molecule has 0 fully saturated rings. The normalized spacial score (nSPS) is 11.7. The van der Waals surface area contributed by atoms with Crippen LogP contribution in [0.1, 0.15) is 28.5 Å². The topological polar surface area (TPSA) is 63.7 Å². The molecule has 1 aromatic carbocycles. The first-order chi connectivity index (χ1) is 11.8. The monoisotopic (exact) mass is 381 g/mol. The van der Waals surface area contributed by atoms with Crippen molar-refractivity contribution in [1.29, 1.82) is 0 Å². The molecule has 0 radical (unpaired) electrons. The Morgan fingerprint density at radius 1 is 1.20 bits per heavy atom. The fourth-order valence-electron chi connectivity index (χ4n) is 2.86. The van der Waals surface area contributed by atoms with E-state index in [9.17, 15) is 13.2 Å². The van der Waals surface area contributed by atoms with Crippen LogP contribution in [0.15, 0.2) is 34.5 Å². The van der Waals surface area contributed by atoms with Crippen molar-refractivity contribution in [3.8, 4) is 0 Å². The van der Waals surface area contributed by atoms with E-state index >= 15 is 0 Å². The van der Waals surface area contributed by atoms with Gasteiger partial charge in [-0.2, -0.15) is 4.31 Å². The number of aryl methyl sites for hydroxylation is 3. The minimum absolute atomic E-state index is 0.144. The average molecular weight is 382 g/mol. The molecule has 25 heavy (non-hydrogen) atoms. The van der Waals surface area contributed by atoms with E-state index in [1.165, 1.54) is 15.6 Å². The molecule has 0 unspecified atom stereocenters. The number of rotatable bonds is 7. The molecule has 136 valence electrons. The molecule has 2 aromatic rings. The van der Waals surface area contributed by atoms with E-state index in [2.05, 4.69) is 0 Å². The maximum atomic E-state index is 13.3. The van der Waals surface area contributed by atoms with Gasteiger partial charge >= 0.3 is 5.97 Å². The summed E-state index contributed by atoms with van der Waals surface area (Å²) in [5.41, 5.74) is 2.36. The van der Waals surface area contributed by atoms with Gasteiger partial charge in [-0.15, -0.1) is 11.3 Å². The Morgan fingerprint density at radius 2 is 1.84 bits per heavy atom. The van der Waals surface area contributed by atoms with Gasteiger partial charge in [-0.1, -0.05) is 23.8 Å². The number of carbonyl (C=O) groups is 1. The lowest BCUT2D eigenvalue weighted by atomic mass is 10.1. The first kappa shape index (κ1) is 19.6. The van der Waals surface area contributed by atoms with Gasteiger partial charge in [0.05, 0.1) is 11.5 Å². The maximum Gasteiger partial charge on any atom is 0.321 e. The van der Waals surface area contributed by atoms with Crippen LogP contribution in [-0.2, 0) is 26.1 Å². The molecule has 0 saturated heterocycles. The van der Waals surface area contributed by atoms with Crippen molar-refractivity contribution in [2.24, 2.45) is 0 Å². The van der Waals surface area contributed by atoms with Gasteiger partial charge in [0.25, 0.3) is 0 Å². The van der Waals surface area contributed by atoms with Gasteiger partial charge in [0.2, 0.25) is 10.0 Å². The van der Waals surface area contributed by atoms with E-state index in [4.69, 9.17) is 4.74 Å². The molecule has 1 heterocycles. The summed E-state index contributed by atoms with van der Waals surface area (Å²) in [5, 5.41) is 1.88. The van der Waals surface area contributed by atoms with Crippen LogP contribution in [0.2, 0.25) is 0 Å². The van der Waals surface area contributed by atoms with E-state index in [0.29, 0.717) is 11.1 Å². The van der Waals surface area contributed by atoms with Crippen LogP contribution < -0.4 is 0 Å². The largest absolute Gasteiger partial charge is 0.465 e. The van der Waals surface area contributed by atoms with Crippen LogP contribution in [0, 0.1) is 20.8 Å². The van der Waals surface area contributed by atoms with Crippen molar-refractivity contribution >= 4 is 27.3 Å². The van der Waals surface area contributed by atoms with Gasteiger partial charge in [-0.25, -0.2) is 8.42 Å². The van der Waals surface area contributed by atoms with Crippen LogP contribution in [-0.4, -0.2) is 31.8 Å². The van der Waals surface area contributed by atoms with Crippen molar-refractivity contribution in [3.63, 3.8) is 0 Å². The van der Waals surface area contributed by atoms with Gasteiger partial charge in [0.1, 0.15) is 6.54 Å². The summed E-state index contributed by atoms with van der Waals surface area (Å²) in [4.78, 5) is 13.1. The number of carbonyl (C=O) groups excluding carboxylic acids is 1. The lowest BCUT2D eigenvalue weighted by Crippen LogP contribution is -2.36. The number of ether oxygens (including phenoxy) is 1. The third-order valence-electron chi connectivity index (χ3n) is 3.73. The second-order valence-corrected chi connectivity index (χ2v) is 8.79. The molecule has 7 heteroatoms. The SMILES string of the molecule is CCOC(=O)CN(Cc1cccs1)S(=O)(=O)c1c(C)cc(C)cc1C. The number of nitrogens with zero attached hydrogens (tertiary/aromatic N) is 1. The quantitative estimate of drug-likeness (QED) is 0.689. The molecule has 0 aliphatic heterocycles. The second-order valence-electron chi connectivity index (χ2n) is 5.89. The second kappa shape index (κ2) is 8.12. The van der Waals surface area contributed by atoms with Crippen LogP contribution >= 0.6 is 11.3 Å². The van der Waals surface area contributed by atoms with Crippen LogP contribution in [0.5, 0.6) is 0 Å². The molecule has 5 nitrogen and oxygen atoms in total. The summed E-state index contributed by atoms with van der Waals surface area (Å²) in [6.45, 7) is 7.24. The Balaban J connectivity index is 2.45. The minimum atomic E-state index is -3.83. The third-order valence-corrected chi connectivity index (χ3v) is 6.68. The van der Waals surface area contributed by atoms with Gasteiger partial charge < -0.3 is 4.74 Å². The molecule has 0 N–H and O–H groups in total.